The zero-order valence-corrected chi connectivity index (χ0v) is 13.0. The van der Waals surface area contributed by atoms with E-state index in [0.29, 0.717) is 6.04 Å². The van der Waals surface area contributed by atoms with Crippen molar-refractivity contribution in [2.45, 2.75) is 39.7 Å². The molecular weight excluding hydrogens is 256 g/mol. The van der Waals surface area contributed by atoms with Crippen molar-refractivity contribution >= 4 is 17.3 Å². The molecule has 0 spiro atoms. The van der Waals surface area contributed by atoms with Crippen molar-refractivity contribution < 1.29 is 0 Å². The van der Waals surface area contributed by atoms with E-state index >= 15 is 0 Å². The topological polar surface area (TPSA) is 15.3 Å². The van der Waals surface area contributed by atoms with Crippen molar-refractivity contribution in [3.8, 4) is 0 Å². The minimum atomic E-state index is 0.559. The lowest BCUT2D eigenvalue weighted by Gasteiger charge is -2.33. The molecule has 3 heteroatoms. The number of rotatable bonds is 4. The lowest BCUT2D eigenvalue weighted by atomic mass is 10.0. The van der Waals surface area contributed by atoms with Crippen molar-refractivity contribution in [3.63, 3.8) is 0 Å². The average Bonchev–Trinajstić information content (AvgIpc) is 2.34. The number of nitrogens with zero attached hydrogens (tertiary/aromatic N) is 1. The number of aryl methyl sites for hydroxylation is 1. The monoisotopic (exact) mass is 280 g/mol. The highest BCUT2D eigenvalue weighted by atomic mass is 35.5. The minimum absolute atomic E-state index is 0.559. The highest BCUT2D eigenvalue weighted by molar-refractivity contribution is 6.33. The first kappa shape index (κ1) is 14.7. The third kappa shape index (κ3) is 4.39. The second-order valence-corrected chi connectivity index (χ2v) is 6.50. The molecule has 0 bridgehead atoms. The zero-order valence-electron chi connectivity index (χ0n) is 12.2. The molecule has 106 valence electrons. The summed E-state index contributed by atoms with van der Waals surface area (Å²) in [5.74, 6) is 0.760. The molecule has 1 aromatic rings. The van der Waals surface area contributed by atoms with Gasteiger partial charge < -0.3 is 10.2 Å². The van der Waals surface area contributed by atoms with Crippen LogP contribution in [0.15, 0.2) is 18.2 Å². The molecule has 1 saturated heterocycles. The largest absolute Gasteiger partial charge is 0.381 e. The molecule has 19 heavy (non-hydrogen) atoms. The normalized spacial score (nSPS) is 17.9. The quantitative estimate of drug-likeness (QED) is 0.890. The fraction of sp³-hybridized carbons (Fsp3) is 0.625. The Balaban J connectivity index is 1.85. The third-order valence-corrected chi connectivity index (χ3v) is 4.01. The van der Waals surface area contributed by atoms with E-state index in [2.05, 4.69) is 43.1 Å². The molecule has 0 aliphatic carbocycles. The summed E-state index contributed by atoms with van der Waals surface area (Å²) in [4.78, 5) is 2.57. The summed E-state index contributed by atoms with van der Waals surface area (Å²) >= 11 is 6.27. The Labute approximate surface area is 122 Å². The van der Waals surface area contributed by atoms with Crippen molar-refractivity contribution in [3.05, 3.63) is 28.8 Å². The van der Waals surface area contributed by atoms with Crippen LogP contribution < -0.4 is 5.32 Å². The summed E-state index contributed by atoms with van der Waals surface area (Å²) in [5, 5.41) is 4.43. The van der Waals surface area contributed by atoms with Gasteiger partial charge in [-0.3, -0.25) is 0 Å². The van der Waals surface area contributed by atoms with E-state index in [9.17, 15) is 0 Å². The summed E-state index contributed by atoms with van der Waals surface area (Å²) in [7, 11) is 0. The molecule has 1 aliphatic rings. The number of nitrogens with one attached hydrogen (secondary N) is 1. The van der Waals surface area contributed by atoms with E-state index in [1.165, 1.54) is 38.0 Å². The fourth-order valence-electron chi connectivity index (χ4n) is 2.73. The smallest absolute Gasteiger partial charge is 0.0640 e. The molecule has 2 rings (SSSR count). The average molecular weight is 281 g/mol. The van der Waals surface area contributed by atoms with Crippen LogP contribution in [0, 0.1) is 12.8 Å². The fourth-order valence-corrected chi connectivity index (χ4v) is 3.02. The summed E-state index contributed by atoms with van der Waals surface area (Å²) in [6.45, 7) is 10.3. The van der Waals surface area contributed by atoms with Gasteiger partial charge in [-0.15, -0.1) is 0 Å². The first-order valence-electron chi connectivity index (χ1n) is 7.29. The molecule has 1 aliphatic heterocycles. The van der Waals surface area contributed by atoms with Crippen molar-refractivity contribution in [1.82, 2.24) is 4.90 Å². The Morgan fingerprint density at radius 1 is 1.32 bits per heavy atom. The van der Waals surface area contributed by atoms with Crippen LogP contribution in [0.3, 0.4) is 0 Å². The van der Waals surface area contributed by atoms with E-state index in [4.69, 9.17) is 11.6 Å². The Bertz CT molecular complexity index is 409. The van der Waals surface area contributed by atoms with Gasteiger partial charge in [-0.05, 0) is 43.4 Å². The summed E-state index contributed by atoms with van der Waals surface area (Å²) in [6.07, 6.45) is 2.41. The van der Waals surface area contributed by atoms with Gasteiger partial charge in [0.05, 0.1) is 10.7 Å². The van der Waals surface area contributed by atoms with E-state index in [1.807, 2.05) is 6.07 Å². The van der Waals surface area contributed by atoms with Crippen LogP contribution in [0.5, 0.6) is 0 Å². The summed E-state index contributed by atoms with van der Waals surface area (Å²) < 4.78 is 0. The Morgan fingerprint density at radius 3 is 2.58 bits per heavy atom. The molecular formula is C16H25ClN2. The van der Waals surface area contributed by atoms with E-state index in [-0.39, 0.29) is 0 Å². The number of anilines is 1. The van der Waals surface area contributed by atoms with E-state index in [1.54, 1.807) is 0 Å². The van der Waals surface area contributed by atoms with Crippen molar-refractivity contribution in [1.29, 1.82) is 0 Å². The maximum Gasteiger partial charge on any atom is 0.0640 e. The van der Waals surface area contributed by atoms with Crippen LogP contribution in [0.4, 0.5) is 5.69 Å². The molecule has 1 heterocycles. The lowest BCUT2D eigenvalue weighted by Crippen LogP contribution is -2.40. The van der Waals surface area contributed by atoms with Crippen LogP contribution in [0.25, 0.3) is 0 Å². The highest BCUT2D eigenvalue weighted by Gasteiger charge is 2.19. The SMILES string of the molecule is Cc1ccc(NC2CCN(CC(C)C)CC2)c(Cl)c1. The van der Waals surface area contributed by atoms with Crippen LogP contribution in [0.1, 0.15) is 32.3 Å². The number of hydrogen-bond acceptors (Lipinski definition) is 2. The number of piperidine rings is 1. The number of likely N-dealkylation sites (tertiary alicyclic amines) is 1. The molecule has 0 radical (unpaired) electrons. The number of hydrogen-bond donors (Lipinski definition) is 1. The highest BCUT2D eigenvalue weighted by Crippen LogP contribution is 2.25. The second kappa shape index (κ2) is 6.62. The van der Waals surface area contributed by atoms with E-state index in [0.717, 1.165) is 16.6 Å². The van der Waals surface area contributed by atoms with Gasteiger partial charge in [0.1, 0.15) is 0 Å². The van der Waals surface area contributed by atoms with Crippen molar-refractivity contribution in [2.24, 2.45) is 5.92 Å². The first-order chi connectivity index (χ1) is 9.04. The second-order valence-electron chi connectivity index (χ2n) is 6.10. The van der Waals surface area contributed by atoms with Gasteiger partial charge in [-0.1, -0.05) is 31.5 Å². The maximum atomic E-state index is 6.27. The van der Waals surface area contributed by atoms with Crippen molar-refractivity contribution in [2.75, 3.05) is 25.0 Å². The third-order valence-electron chi connectivity index (χ3n) is 3.70. The Kier molecular flexibility index (Phi) is 5.12. The molecule has 0 aromatic heterocycles. The molecule has 1 aromatic carbocycles. The van der Waals surface area contributed by atoms with Crippen LogP contribution in [-0.4, -0.2) is 30.6 Å². The maximum absolute atomic E-state index is 6.27. The zero-order chi connectivity index (χ0) is 13.8. The van der Waals surface area contributed by atoms with Crippen LogP contribution in [0.2, 0.25) is 5.02 Å². The Morgan fingerprint density at radius 2 is 2.00 bits per heavy atom. The number of halogens is 1. The molecule has 0 unspecified atom stereocenters. The van der Waals surface area contributed by atoms with Crippen LogP contribution >= 0.6 is 11.6 Å². The molecule has 2 nitrogen and oxygen atoms in total. The number of benzene rings is 1. The molecule has 0 atom stereocenters. The molecule has 1 N–H and O–H groups in total. The predicted octanol–water partition coefficient (Wildman–Crippen LogP) is 4.18. The van der Waals surface area contributed by atoms with Gasteiger partial charge in [0.2, 0.25) is 0 Å². The van der Waals surface area contributed by atoms with Gasteiger partial charge in [-0.2, -0.15) is 0 Å². The van der Waals surface area contributed by atoms with Gasteiger partial charge in [0, 0.05) is 25.7 Å². The predicted molar refractivity (Wildman–Crippen MR) is 84.1 cm³/mol. The van der Waals surface area contributed by atoms with Gasteiger partial charge in [-0.25, -0.2) is 0 Å². The van der Waals surface area contributed by atoms with E-state index < -0.39 is 0 Å². The summed E-state index contributed by atoms with van der Waals surface area (Å²) in [5.41, 5.74) is 2.29. The van der Waals surface area contributed by atoms with Crippen LogP contribution in [-0.2, 0) is 0 Å². The van der Waals surface area contributed by atoms with Gasteiger partial charge in [0.15, 0.2) is 0 Å². The minimum Gasteiger partial charge on any atom is -0.381 e. The molecule has 0 saturated carbocycles. The molecule has 1 fully saturated rings. The Hall–Kier alpha value is -0.730. The standard InChI is InChI=1S/C16H25ClN2/c1-12(2)11-19-8-6-14(7-9-19)18-16-5-4-13(3)10-15(16)17/h4-5,10,12,14,18H,6-9,11H2,1-3H3. The van der Waals surface area contributed by atoms with Gasteiger partial charge >= 0.3 is 0 Å². The molecule has 0 amide bonds. The summed E-state index contributed by atoms with van der Waals surface area (Å²) in [6, 6.07) is 6.79. The first-order valence-corrected chi connectivity index (χ1v) is 7.67. The van der Waals surface area contributed by atoms with Gasteiger partial charge in [0.25, 0.3) is 0 Å². The lowest BCUT2D eigenvalue weighted by molar-refractivity contribution is 0.198.